The Morgan fingerprint density at radius 3 is 2.71 bits per heavy atom. The topological polar surface area (TPSA) is 90.0 Å². The van der Waals surface area contributed by atoms with E-state index < -0.39 is 0 Å². The molecule has 0 radical (unpaired) electrons. The molecule has 0 aliphatic rings. The summed E-state index contributed by atoms with van der Waals surface area (Å²) in [7, 11) is 0. The third kappa shape index (κ3) is 4.80. The fourth-order valence-electron chi connectivity index (χ4n) is 3.43. The molecule has 0 fully saturated rings. The van der Waals surface area contributed by atoms with Crippen molar-refractivity contribution in [3.05, 3.63) is 94.0 Å². The monoisotopic (exact) mass is 488 g/mol. The van der Waals surface area contributed by atoms with Crippen LogP contribution in [0.15, 0.2) is 86.7 Å². The number of carbonyl (C=O) groups is 1. The summed E-state index contributed by atoms with van der Waals surface area (Å²) in [6.07, 6.45) is 1.56. The summed E-state index contributed by atoms with van der Waals surface area (Å²) >= 11 is 2.58. The summed E-state index contributed by atoms with van der Waals surface area (Å²) in [5.41, 5.74) is 3.41. The molecule has 0 aliphatic heterocycles. The van der Waals surface area contributed by atoms with Gasteiger partial charge in [0.2, 0.25) is 5.91 Å². The number of furan rings is 1. The van der Waals surface area contributed by atoms with E-state index in [1.807, 2.05) is 48.7 Å². The van der Waals surface area contributed by atoms with Gasteiger partial charge in [0.05, 0.1) is 35.2 Å². The smallest absolute Gasteiger partial charge is 0.262 e. The molecule has 0 saturated heterocycles. The van der Waals surface area contributed by atoms with Crippen LogP contribution in [0.1, 0.15) is 11.3 Å². The molecule has 3 heterocycles. The second-order valence-corrected chi connectivity index (χ2v) is 9.42. The van der Waals surface area contributed by atoms with Gasteiger partial charge in [-0.3, -0.25) is 14.2 Å². The van der Waals surface area contributed by atoms with Crippen molar-refractivity contribution in [2.75, 3.05) is 11.1 Å². The molecule has 3 aromatic heterocycles. The Hall–Kier alpha value is -3.69. The number of nitrogens with zero attached hydrogens (tertiary/aromatic N) is 3. The normalized spacial score (nSPS) is 11.1. The Kier molecular flexibility index (Phi) is 6.29. The summed E-state index contributed by atoms with van der Waals surface area (Å²) in [6.45, 7) is 2.27. The first-order valence-electron chi connectivity index (χ1n) is 10.5. The van der Waals surface area contributed by atoms with Gasteiger partial charge in [0, 0.05) is 10.9 Å². The molecule has 1 N–H and O–H groups in total. The van der Waals surface area contributed by atoms with E-state index >= 15 is 0 Å². The number of thiazole rings is 1. The summed E-state index contributed by atoms with van der Waals surface area (Å²) in [5.74, 6) is 0.501. The third-order valence-corrected chi connectivity index (χ3v) is 6.89. The first-order valence-corrected chi connectivity index (χ1v) is 12.4. The average Bonchev–Trinajstić information content (AvgIpc) is 3.53. The molecule has 0 bridgehead atoms. The molecule has 0 spiro atoms. The van der Waals surface area contributed by atoms with Crippen molar-refractivity contribution in [3.63, 3.8) is 0 Å². The molecule has 0 aliphatic carbocycles. The highest BCUT2D eigenvalue weighted by atomic mass is 32.2. The minimum absolute atomic E-state index is 0.0857. The first-order chi connectivity index (χ1) is 16.6. The first kappa shape index (κ1) is 22.1. The maximum Gasteiger partial charge on any atom is 0.262 e. The van der Waals surface area contributed by atoms with Crippen LogP contribution in [-0.2, 0) is 11.3 Å². The van der Waals surface area contributed by atoms with Crippen molar-refractivity contribution >= 4 is 45.0 Å². The Bertz CT molecular complexity index is 1510. The van der Waals surface area contributed by atoms with Crippen molar-refractivity contribution in [1.29, 1.82) is 0 Å². The molecule has 0 saturated carbocycles. The van der Waals surface area contributed by atoms with Crippen LogP contribution in [-0.4, -0.2) is 26.2 Å². The zero-order valence-electron chi connectivity index (χ0n) is 18.2. The lowest BCUT2D eigenvalue weighted by atomic mass is 10.1. The molecule has 1 amide bonds. The lowest BCUT2D eigenvalue weighted by Crippen LogP contribution is -2.24. The van der Waals surface area contributed by atoms with Gasteiger partial charge >= 0.3 is 0 Å². The summed E-state index contributed by atoms with van der Waals surface area (Å²) in [4.78, 5) is 34.9. The maximum atomic E-state index is 13.1. The van der Waals surface area contributed by atoms with E-state index in [-0.39, 0.29) is 23.8 Å². The van der Waals surface area contributed by atoms with Crippen LogP contribution in [0, 0.1) is 6.92 Å². The molecular formula is C25H20N4O3S2. The second-order valence-electron chi connectivity index (χ2n) is 7.62. The molecule has 5 rings (SSSR count). The summed E-state index contributed by atoms with van der Waals surface area (Å²) < 4.78 is 6.97. The van der Waals surface area contributed by atoms with Gasteiger partial charge in [-0.15, -0.1) is 11.3 Å². The zero-order chi connectivity index (χ0) is 23.5. The summed E-state index contributed by atoms with van der Waals surface area (Å²) in [6, 6.07) is 18.8. The summed E-state index contributed by atoms with van der Waals surface area (Å²) in [5, 5.41) is 6.26. The van der Waals surface area contributed by atoms with Gasteiger partial charge in [-0.25, -0.2) is 9.97 Å². The van der Waals surface area contributed by atoms with E-state index in [0.29, 0.717) is 27.0 Å². The Morgan fingerprint density at radius 2 is 1.91 bits per heavy atom. The number of amides is 1. The number of aryl methyl sites for hydroxylation is 1. The fourth-order valence-corrected chi connectivity index (χ4v) is 4.96. The van der Waals surface area contributed by atoms with E-state index in [4.69, 9.17) is 4.42 Å². The highest BCUT2D eigenvalue weighted by Crippen LogP contribution is 2.26. The maximum absolute atomic E-state index is 13.1. The minimum Gasteiger partial charge on any atom is -0.467 e. The molecule has 9 heteroatoms. The van der Waals surface area contributed by atoms with Crippen LogP contribution in [0.3, 0.4) is 0 Å². The number of hydrogen-bond acceptors (Lipinski definition) is 7. The Labute approximate surface area is 203 Å². The van der Waals surface area contributed by atoms with Gasteiger partial charge in [-0.1, -0.05) is 53.7 Å². The highest BCUT2D eigenvalue weighted by Gasteiger charge is 2.15. The van der Waals surface area contributed by atoms with Crippen LogP contribution in [0.4, 0.5) is 5.13 Å². The Morgan fingerprint density at radius 1 is 1.09 bits per heavy atom. The number of benzene rings is 2. The molecule has 7 nitrogen and oxygen atoms in total. The van der Waals surface area contributed by atoms with Crippen molar-refractivity contribution in [1.82, 2.24) is 14.5 Å². The number of aromatic nitrogens is 3. The van der Waals surface area contributed by atoms with Crippen LogP contribution >= 0.6 is 23.1 Å². The van der Waals surface area contributed by atoms with Gasteiger partial charge in [0.15, 0.2) is 10.3 Å². The van der Waals surface area contributed by atoms with E-state index in [1.165, 1.54) is 33.2 Å². The van der Waals surface area contributed by atoms with Crippen LogP contribution in [0.5, 0.6) is 0 Å². The van der Waals surface area contributed by atoms with Gasteiger partial charge in [0.1, 0.15) is 5.76 Å². The van der Waals surface area contributed by atoms with E-state index in [1.54, 1.807) is 30.5 Å². The lowest BCUT2D eigenvalue weighted by molar-refractivity contribution is -0.113. The zero-order valence-corrected chi connectivity index (χ0v) is 19.9. The number of nitrogens with one attached hydrogen (secondary N) is 1. The number of fused-ring (bicyclic) bond motifs is 1. The van der Waals surface area contributed by atoms with Crippen molar-refractivity contribution in [2.24, 2.45) is 0 Å². The Balaban J connectivity index is 1.33. The number of thioether (sulfide) groups is 1. The number of rotatable bonds is 7. The standard InChI is InChI=1S/C25H20N4O3S2/c1-16-8-10-17(11-9-16)21-14-33-24(26-21)28-22(30)15-34-25-27-20-7-3-2-6-19(20)23(31)29(25)13-18-5-4-12-32-18/h2-12,14H,13,15H2,1H3,(H,26,28,30). The molecule has 2 aromatic carbocycles. The van der Waals surface area contributed by atoms with Gasteiger partial charge < -0.3 is 9.73 Å². The van der Waals surface area contributed by atoms with Crippen molar-refractivity contribution < 1.29 is 9.21 Å². The number of para-hydroxylation sites is 1. The van der Waals surface area contributed by atoms with E-state index in [2.05, 4.69) is 15.3 Å². The SMILES string of the molecule is Cc1ccc(-c2csc(NC(=O)CSc3nc4ccccc4c(=O)n3Cc3ccco3)n2)cc1. The largest absolute Gasteiger partial charge is 0.467 e. The van der Waals surface area contributed by atoms with Crippen LogP contribution in [0.2, 0.25) is 0 Å². The number of anilines is 1. The van der Waals surface area contributed by atoms with Crippen molar-refractivity contribution in [3.8, 4) is 11.3 Å². The minimum atomic E-state index is -0.221. The predicted molar refractivity (Wildman–Crippen MR) is 135 cm³/mol. The molecular weight excluding hydrogens is 468 g/mol. The van der Waals surface area contributed by atoms with Gasteiger partial charge in [0.25, 0.3) is 5.56 Å². The fraction of sp³-hybridized carbons (Fsp3) is 0.120. The van der Waals surface area contributed by atoms with E-state index in [0.717, 1.165) is 11.3 Å². The number of hydrogen-bond donors (Lipinski definition) is 1. The molecule has 5 aromatic rings. The molecule has 0 unspecified atom stereocenters. The molecule has 170 valence electrons. The highest BCUT2D eigenvalue weighted by molar-refractivity contribution is 7.99. The van der Waals surface area contributed by atoms with Gasteiger partial charge in [-0.05, 0) is 31.2 Å². The third-order valence-electron chi connectivity index (χ3n) is 5.15. The molecule has 0 atom stereocenters. The van der Waals surface area contributed by atoms with Crippen LogP contribution < -0.4 is 10.9 Å². The number of carbonyl (C=O) groups excluding carboxylic acids is 1. The second kappa shape index (κ2) is 9.66. The predicted octanol–water partition coefficient (Wildman–Crippen LogP) is 5.20. The molecule has 34 heavy (non-hydrogen) atoms. The lowest BCUT2D eigenvalue weighted by Gasteiger charge is -2.12. The van der Waals surface area contributed by atoms with Crippen LogP contribution in [0.25, 0.3) is 22.2 Å². The quantitative estimate of drug-likeness (QED) is 0.250. The van der Waals surface area contributed by atoms with Gasteiger partial charge in [-0.2, -0.15) is 0 Å². The average molecular weight is 489 g/mol. The van der Waals surface area contributed by atoms with E-state index in [9.17, 15) is 9.59 Å². The van der Waals surface area contributed by atoms with Crippen molar-refractivity contribution in [2.45, 2.75) is 18.6 Å².